The number of fused-ring (bicyclic) bond motifs is 3. The minimum atomic E-state index is -2.99. The van der Waals surface area contributed by atoms with Gasteiger partial charge in [0.25, 0.3) is 5.91 Å². The lowest BCUT2D eigenvalue weighted by Crippen LogP contribution is -2.68. The number of rotatable bonds is 4. The van der Waals surface area contributed by atoms with E-state index in [1.54, 1.807) is 6.92 Å². The summed E-state index contributed by atoms with van der Waals surface area (Å²) in [6.07, 6.45) is -1.68. The number of nitrogens with two attached hydrogens (primary N) is 1. The number of phenols is 1. The second-order valence-corrected chi connectivity index (χ2v) is 10.2. The summed E-state index contributed by atoms with van der Waals surface area (Å²) in [4.78, 5) is 52.3. The molecule has 0 aromatic heterocycles. The maximum absolute atomic E-state index is 13.7. The fraction of sp³-hybridized carbons (Fsp3) is 0.417. The molecule has 0 saturated carbocycles. The molecular formula is C24H26BrN3O9. The van der Waals surface area contributed by atoms with Crippen LogP contribution >= 0.6 is 15.9 Å². The number of likely N-dealkylation sites (N-methyl/N-ethyl adjacent to an activating group) is 1. The van der Waals surface area contributed by atoms with Crippen molar-refractivity contribution in [3.63, 3.8) is 0 Å². The zero-order valence-electron chi connectivity index (χ0n) is 20.0. The number of benzene rings is 1. The number of aliphatic hydroxyl groups is 4. The molecule has 0 bridgehead atoms. The fourth-order valence-electron chi connectivity index (χ4n) is 5.91. The van der Waals surface area contributed by atoms with Gasteiger partial charge in [-0.3, -0.25) is 24.1 Å². The number of aromatic hydroxyl groups is 1. The normalized spacial score (nSPS) is 31.2. The van der Waals surface area contributed by atoms with E-state index in [0.29, 0.717) is 5.56 Å². The van der Waals surface area contributed by atoms with E-state index in [1.807, 2.05) is 0 Å². The Morgan fingerprint density at radius 3 is 2.35 bits per heavy atom. The maximum Gasteiger partial charge on any atom is 0.255 e. The molecule has 0 spiro atoms. The number of hydrogen-bond donors (Lipinski definition) is 7. The van der Waals surface area contributed by atoms with E-state index in [9.17, 15) is 44.7 Å². The van der Waals surface area contributed by atoms with Crippen LogP contribution in [-0.2, 0) is 14.4 Å². The standard InChI is InChI=1S/C24H26BrN3O9/c1-7-8-4-5-9(27-10(29)6-25)17(30)12(8)18(31)13-11(7)19(32)15-16(28(2)3)20(33)14(23(26)36)22(35)24(15,37)21(13)34/h4-5,7,11,15-16,19,30,32-34,37H,6H2,1-3H3,(H2,26,36)(H,27,29)/t7?,11?,15?,16-,19?,24?/m0/s1. The molecule has 6 atom stereocenters. The van der Waals surface area contributed by atoms with E-state index in [2.05, 4.69) is 21.2 Å². The van der Waals surface area contributed by atoms with Crippen LogP contribution in [0.4, 0.5) is 5.69 Å². The average Bonchev–Trinajstić information content (AvgIpc) is 2.82. The van der Waals surface area contributed by atoms with E-state index >= 15 is 0 Å². The Bertz CT molecular complexity index is 1320. The first-order valence-corrected chi connectivity index (χ1v) is 12.4. The predicted octanol–water partition coefficient (Wildman–Crippen LogP) is -0.0142. The van der Waals surface area contributed by atoms with Crippen molar-refractivity contribution in [3.8, 4) is 5.75 Å². The van der Waals surface area contributed by atoms with E-state index in [4.69, 9.17) is 5.73 Å². The van der Waals surface area contributed by atoms with Crippen LogP contribution < -0.4 is 11.1 Å². The Hall–Kier alpha value is -3.26. The highest BCUT2D eigenvalue weighted by atomic mass is 79.9. The molecule has 0 radical (unpaired) electrons. The number of Topliss-reactive ketones (excluding diaryl/α,β-unsaturated/α-hetero) is 2. The fourth-order valence-corrected chi connectivity index (χ4v) is 6.05. The summed E-state index contributed by atoms with van der Waals surface area (Å²) in [7, 11) is 2.93. The molecule has 12 nitrogen and oxygen atoms in total. The maximum atomic E-state index is 13.7. The summed E-state index contributed by atoms with van der Waals surface area (Å²) in [5, 5.41) is 58.5. The molecule has 0 aliphatic heterocycles. The highest BCUT2D eigenvalue weighted by Gasteiger charge is 2.67. The van der Waals surface area contributed by atoms with Crippen molar-refractivity contribution in [3.05, 3.63) is 45.9 Å². The number of aliphatic hydroxyl groups excluding tert-OH is 3. The van der Waals surface area contributed by atoms with E-state index in [0.717, 1.165) is 0 Å². The van der Waals surface area contributed by atoms with Gasteiger partial charge in [0.05, 0.1) is 34.6 Å². The molecular weight excluding hydrogens is 554 g/mol. The SMILES string of the molecule is CC1c2ccc(NC(=O)CBr)c(O)c2C(=O)C2=C(O)C3(O)C(=O)C(C(N)=O)=C(O)[C@@H](N(C)C)C3C(O)C21. The highest BCUT2D eigenvalue weighted by Crippen LogP contribution is 2.56. The van der Waals surface area contributed by atoms with Crippen molar-refractivity contribution in [2.75, 3.05) is 24.7 Å². The zero-order chi connectivity index (χ0) is 27.7. The van der Waals surface area contributed by atoms with E-state index < -0.39 is 87.3 Å². The van der Waals surface area contributed by atoms with Crippen LogP contribution in [0, 0.1) is 11.8 Å². The van der Waals surface area contributed by atoms with Crippen LogP contribution in [-0.4, -0.2) is 91.0 Å². The van der Waals surface area contributed by atoms with Gasteiger partial charge in [0, 0.05) is 11.5 Å². The van der Waals surface area contributed by atoms with Crippen molar-refractivity contribution >= 4 is 45.0 Å². The van der Waals surface area contributed by atoms with Crippen molar-refractivity contribution in [2.45, 2.75) is 30.6 Å². The first kappa shape index (κ1) is 26.8. The second-order valence-electron chi connectivity index (χ2n) is 9.66. The number of hydrogen-bond acceptors (Lipinski definition) is 10. The Labute approximate surface area is 219 Å². The van der Waals surface area contributed by atoms with Gasteiger partial charge in [-0.05, 0) is 31.6 Å². The molecule has 1 aromatic rings. The Kier molecular flexibility index (Phi) is 6.47. The minimum Gasteiger partial charge on any atom is -0.510 e. The molecule has 37 heavy (non-hydrogen) atoms. The Balaban J connectivity index is 2.00. The summed E-state index contributed by atoms with van der Waals surface area (Å²) in [5.74, 6) is -10.3. The molecule has 1 aromatic carbocycles. The average molecular weight is 580 g/mol. The molecule has 13 heteroatoms. The van der Waals surface area contributed by atoms with E-state index in [-0.39, 0.29) is 16.6 Å². The summed E-state index contributed by atoms with van der Waals surface area (Å²) in [5.41, 5.74) is 0.754. The van der Waals surface area contributed by atoms with Gasteiger partial charge in [-0.15, -0.1) is 0 Å². The Morgan fingerprint density at radius 1 is 1.19 bits per heavy atom. The van der Waals surface area contributed by atoms with Gasteiger partial charge < -0.3 is 36.6 Å². The van der Waals surface area contributed by atoms with Crippen LogP contribution in [0.1, 0.15) is 28.8 Å². The number of ketones is 2. The third kappa shape index (κ3) is 3.52. The second kappa shape index (κ2) is 8.94. The van der Waals surface area contributed by atoms with Crippen LogP contribution in [0.2, 0.25) is 0 Å². The topological polar surface area (TPSA) is 211 Å². The van der Waals surface area contributed by atoms with Gasteiger partial charge in [0.1, 0.15) is 17.1 Å². The number of nitrogens with one attached hydrogen (secondary N) is 1. The van der Waals surface area contributed by atoms with Crippen molar-refractivity contribution in [1.29, 1.82) is 0 Å². The predicted molar refractivity (Wildman–Crippen MR) is 132 cm³/mol. The molecule has 2 amide bonds. The molecule has 8 N–H and O–H groups in total. The van der Waals surface area contributed by atoms with Crippen LogP contribution in [0.5, 0.6) is 5.75 Å². The van der Waals surface area contributed by atoms with Gasteiger partial charge in [0.15, 0.2) is 17.1 Å². The molecule has 4 rings (SSSR count). The smallest absolute Gasteiger partial charge is 0.255 e. The number of alkyl halides is 1. The third-order valence-corrected chi connectivity index (χ3v) is 8.04. The molecule has 198 valence electrons. The summed E-state index contributed by atoms with van der Waals surface area (Å²) in [6.45, 7) is 1.62. The van der Waals surface area contributed by atoms with Crippen molar-refractivity contribution in [1.82, 2.24) is 4.90 Å². The summed E-state index contributed by atoms with van der Waals surface area (Å²) < 4.78 is 0. The van der Waals surface area contributed by atoms with Crippen molar-refractivity contribution in [2.24, 2.45) is 17.6 Å². The minimum absolute atomic E-state index is 0.0829. The van der Waals surface area contributed by atoms with E-state index in [1.165, 1.54) is 31.1 Å². The molecule has 0 saturated heterocycles. The monoisotopic (exact) mass is 579 g/mol. The lowest BCUT2D eigenvalue weighted by Gasteiger charge is -2.53. The van der Waals surface area contributed by atoms with Gasteiger partial charge in [0.2, 0.25) is 11.7 Å². The van der Waals surface area contributed by atoms with Gasteiger partial charge in [-0.2, -0.15) is 0 Å². The molecule has 0 fully saturated rings. The zero-order valence-corrected chi connectivity index (χ0v) is 21.6. The largest absolute Gasteiger partial charge is 0.510 e. The van der Waals surface area contributed by atoms with Crippen LogP contribution in [0.25, 0.3) is 0 Å². The number of nitrogens with zero attached hydrogens (tertiary/aromatic N) is 1. The Morgan fingerprint density at radius 2 is 1.81 bits per heavy atom. The highest BCUT2D eigenvalue weighted by molar-refractivity contribution is 9.09. The number of amides is 2. The number of anilines is 1. The number of primary amides is 1. The molecule has 0 heterocycles. The van der Waals surface area contributed by atoms with Gasteiger partial charge in [-0.25, -0.2) is 0 Å². The lowest BCUT2D eigenvalue weighted by molar-refractivity contribution is -0.162. The summed E-state index contributed by atoms with van der Waals surface area (Å²) >= 11 is 2.98. The quantitative estimate of drug-likeness (QED) is 0.144. The van der Waals surface area contributed by atoms with Gasteiger partial charge in [-0.1, -0.05) is 28.9 Å². The third-order valence-electron chi connectivity index (χ3n) is 7.53. The van der Waals surface area contributed by atoms with Crippen LogP contribution in [0.15, 0.2) is 34.8 Å². The lowest BCUT2D eigenvalue weighted by atomic mass is 9.55. The molecule has 5 unspecified atom stereocenters. The summed E-state index contributed by atoms with van der Waals surface area (Å²) in [6, 6.07) is 1.54. The first-order valence-electron chi connectivity index (χ1n) is 11.3. The molecule has 3 aliphatic carbocycles. The van der Waals surface area contributed by atoms with Crippen LogP contribution in [0.3, 0.4) is 0 Å². The number of halogens is 1. The molecule has 3 aliphatic rings. The van der Waals surface area contributed by atoms with Crippen molar-refractivity contribution < 1.29 is 44.7 Å². The number of phenolic OH excluding ortho intramolecular Hbond substituents is 1. The number of carbonyl (C=O) groups excluding carboxylic acids is 4. The van der Waals surface area contributed by atoms with Gasteiger partial charge >= 0.3 is 0 Å². The first-order chi connectivity index (χ1) is 17.2. The number of carbonyl (C=O) groups is 4.